The fourth-order valence-corrected chi connectivity index (χ4v) is 5.65. The number of thiazole rings is 1. The normalized spacial score (nSPS) is 31.1. The zero-order valence-electron chi connectivity index (χ0n) is 16.1. The third kappa shape index (κ3) is 2.33. The number of hydrogen-bond donors (Lipinski definition) is 0. The average molecular weight is 365 g/mol. The Bertz CT molecular complexity index is 804. The fraction of sp³-hybridized carbons (Fsp3) is 0.737. The van der Waals surface area contributed by atoms with Gasteiger partial charge in [0.05, 0.1) is 12.0 Å². The Kier molecular flexibility index (Phi) is 4.35. The molecule has 1 heterocycles. The molecule has 2 saturated carbocycles. The van der Waals surface area contributed by atoms with Crippen molar-refractivity contribution in [2.45, 2.75) is 60.4 Å². The van der Waals surface area contributed by atoms with Crippen LogP contribution in [0, 0.1) is 30.1 Å². The molecule has 2 aliphatic carbocycles. The van der Waals surface area contributed by atoms with E-state index in [1.54, 1.807) is 7.11 Å². The summed E-state index contributed by atoms with van der Waals surface area (Å²) in [5.41, 5.74) is -0.282. The van der Waals surface area contributed by atoms with E-state index in [2.05, 4.69) is 23.4 Å². The van der Waals surface area contributed by atoms with E-state index >= 15 is 0 Å². The van der Waals surface area contributed by atoms with E-state index in [-0.39, 0.29) is 17.1 Å². The summed E-state index contributed by atoms with van der Waals surface area (Å²) in [4.78, 5) is 32.3. The van der Waals surface area contributed by atoms with Gasteiger partial charge in [-0.3, -0.25) is 9.59 Å². The zero-order chi connectivity index (χ0) is 18.6. The molecule has 3 rings (SSSR count). The van der Waals surface area contributed by atoms with E-state index in [0.29, 0.717) is 19.6 Å². The summed E-state index contributed by atoms with van der Waals surface area (Å²) >= 11 is 1.54. The quantitative estimate of drug-likeness (QED) is 0.825. The lowest BCUT2D eigenvalue weighted by Gasteiger charge is -2.37. The molecule has 5 nitrogen and oxygen atoms in total. The van der Waals surface area contributed by atoms with Gasteiger partial charge in [-0.1, -0.05) is 20.8 Å². The van der Waals surface area contributed by atoms with Crippen LogP contribution in [-0.2, 0) is 20.9 Å². The van der Waals surface area contributed by atoms with Gasteiger partial charge in [-0.2, -0.15) is 4.99 Å². The van der Waals surface area contributed by atoms with E-state index in [0.717, 1.165) is 28.2 Å². The van der Waals surface area contributed by atoms with Crippen LogP contribution >= 0.6 is 11.3 Å². The van der Waals surface area contributed by atoms with Gasteiger partial charge >= 0.3 is 0 Å². The van der Waals surface area contributed by atoms with E-state index < -0.39 is 10.8 Å². The minimum Gasteiger partial charge on any atom is -0.383 e. The topological polar surface area (TPSA) is 60.7 Å². The van der Waals surface area contributed by atoms with Crippen LogP contribution in [-0.4, -0.2) is 30.0 Å². The number of Topliss-reactive ketones (excluding diaryl/α,β-unsaturated/α-hetero) is 1. The summed E-state index contributed by atoms with van der Waals surface area (Å²) in [6.07, 6.45) is 1.87. The van der Waals surface area contributed by atoms with Crippen molar-refractivity contribution in [2.75, 3.05) is 13.7 Å². The Morgan fingerprint density at radius 2 is 1.96 bits per heavy atom. The SMILES string of the molecule is COCCn1c(C)c(C)sc1=NC(=O)C12CCC(C)(C(=O)C1)C2(C)C. The largest absolute Gasteiger partial charge is 0.383 e. The van der Waals surface area contributed by atoms with Gasteiger partial charge in [-0.15, -0.1) is 11.3 Å². The number of ether oxygens (including phenoxy) is 1. The van der Waals surface area contributed by atoms with Crippen LogP contribution < -0.4 is 4.80 Å². The number of nitrogens with zero attached hydrogens (tertiary/aromatic N) is 2. The summed E-state index contributed by atoms with van der Waals surface area (Å²) in [5.74, 6) is 0.0950. The number of ketones is 1. The second-order valence-corrected chi connectivity index (χ2v) is 9.41. The average Bonchev–Trinajstić information content (AvgIpc) is 2.98. The highest BCUT2D eigenvalue weighted by Gasteiger charge is 2.72. The van der Waals surface area contributed by atoms with Crippen LogP contribution in [0.5, 0.6) is 0 Å². The maximum atomic E-state index is 13.3. The number of hydrogen-bond acceptors (Lipinski definition) is 4. The van der Waals surface area contributed by atoms with E-state index in [1.807, 2.05) is 20.8 Å². The summed E-state index contributed by atoms with van der Waals surface area (Å²) < 4.78 is 7.24. The maximum absolute atomic E-state index is 13.3. The second kappa shape index (κ2) is 5.88. The number of amides is 1. The Morgan fingerprint density at radius 3 is 2.48 bits per heavy atom. The summed E-state index contributed by atoms with van der Waals surface area (Å²) in [6, 6.07) is 0. The van der Waals surface area contributed by atoms with Crippen LogP contribution in [0.25, 0.3) is 0 Å². The Labute approximate surface area is 153 Å². The highest BCUT2D eigenvalue weighted by atomic mass is 32.1. The van der Waals surface area contributed by atoms with Crippen molar-refractivity contribution >= 4 is 23.0 Å². The minimum absolute atomic E-state index is 0.125. The molecule has 2 bridgehead atoms. The number of fused-ring (bicyclic) bond motifs is 2. The van der Waals surface area contributed by atoms with Crippen molar-refractivity contribution in [1.29, 1.82) is 0 Å². The van der Waals surface area contributed by atoms with Crippen molar-refractivity contribution in [3.05, 3.63) is 15.4 Å². The molecule has 6 heteroatoms. The first-order valence-corrected chi connectivity index (χ1v) is 9.70. The van der Waals surface area contributed by atoms with Crippen LogP contribution in [0.4, 0.5) is 0 Å². The number of aryl methyl sites for hydroxylation is 1. The first-order chi connectivity index (χ1) is 11.6. The summed E-state index contributed by atoms with van der Waals surface area (Å²) in [7, 11) is 1.67. The predicted molar refractivity (Wildman–Crippen MR) is 97.4 cm³/mol. The molecular weight excluding hydrogens is 336 g/mol. The van der Waals surface area contributed by atoms with Gasteiger partial charge in [0, 0.05) is 36.1 Å². The highest BCUT2D eigenvalue weighted by molar-refractivity contribution is 7.09. The number of rotatable bonds is 4. The van der Waals surface area contributed by atoms with Gasteiger partial charge in [-0.25, -0.2) is 0 Å². The molecule has 25 heavy (non-hydrogen) atoms. The van der Waals surface area contributed by atoms with Crippen molar-refractivity contribution < 1.29 is 14.3 Å². The third-order valence-corrected chi connectivity index (χ3v) is 8.32. The van der Waals surface area contributed by atoms with Crippen molar-refractivity contribution in [1.82, 2.24) is 4.57 Å². The Balaban J connectivity index is 2.05. The number of carbonyl (C=O) groups is 2. The van der Waals surface area contributed by atoms with Crippen molar-refractivity contribution in [3.8, 4) is 0 Å². The van der Waals surface area contributed by atoms with Gasteiger partial charge in [0.1, 0.15) is 5.78 Å². The molecule has 1 aromatic heterocycles. The molecule has 138 valence electrons. The van der Waals surface area contributed by atoms with Crippen molar-refractivity contribution in [2.24, 2.45) is 21.2 Å². The molecule has 0 radical (unpaired) electrons. The molecule has 0 spiro atoms. The molecule has 0 aromatic carbocycles. The first kappa shape index (κ1) is 18.5. The minimum atomic E-state index is -0.649. The second-order valence-electron chi connectivity index (χ2n) is 8.23. The lowest BCUT2D eigenvalue weighted by molar-refractivity contribution is -0.133. The van der Waals surface area contributed by atoms with Gasteiger partial charge in [0.15, 0.2) is 4.80 Å². The number of aromatic nitrogens is 1. The first-order valence-electron chi connectivity index (χ1n) is 8.89. The monoisotopic (exact) mass is 364 g/mol. The zero-order valence-corrected chi connectivity index (χ0v) is 16.9. The smallest absolute Gasteiger partial charge is 0.255 e. The molecule has 0 saturated heterocycles. The van der Waals surface area contributed by atoms with Crippen LogP contribution in [0.15, 0.2) is 4.99 Å². The van der Waals surface area contributed by atoms with Gasteiger partial charge < -0.3 is 9.30 Å². The van der Waals surface area contributed by atoms with Crippen LogP contribution in [0.1, 0.15) is 50.6 Å². The number of methoxy groups -OCH3 is 1. The lowest BCUT2D eigenvalue weighted by Crippen LogP contribution is -2.40. The van der Waals surface area contributed by atoms with Crippen molar-refractivity contribution in [3.63, 3.8) is 0 Å². The molecular formula is C19H28N2O3S. The van der Waals surface area contributed by atoms with E-state index in [1.165, 1.54) is 11.3 Å². The molecule has 0 aliphatic heterocycles. The van der Waals surface area contributed by atoms with Gasteiger partial charge in [0.2, 0.25) is 0 Å². The Morgan fingerprint density at radius 1 is 1.28 bits per heavy atom. The maximum Gasteiger partial charge on any atom is 0.255 e. The molecule has 1 aromatic rings. The summed E-state index contributed by atoms with van der Waals surface area (Å²) in [5, 5.41) is 0. The molecule has 2 aliphatic rings. The predicted octanol–water partition coefficient (Wildman–Crippen LogP) is 3.03. The van der Waals surface area contributed by atoms with Crippen LogP contribution in [0.3, 0.4) is 0 Å². The molecule has 2 unspecified atom stereocenters. The van der Waals surface area contributed by atoms with E-state index in [4.69, 9.17) is 4.74 Å². The van der Waals surface area contributed by atoms with Gasteiger partial charge in [-0.05, 0) is 32.1 Å². The van der Waals surface area contributed by atoms with Gasteiger partial charge in [0.25, 0.3) is 5.91 Å². The molecule has 2 atom stereocenters. The molecule has 2 fully saturated rings. The highest BCUT2D eigenvalue weighted by Crippen LogP contribution is 2.70. The Hall–Kier alpha value is -1.27. The summed E-state index contributed by atoms with van der Waals surface area (Å²) in [6.45, 7) is 11.5. The molecule has 1 amide bonds. The molecule has 0 N–H and O–H groups in total. The fourth-order valence-electron chi connectivity index (χ4n) is 4.66. The standard InChI is InChI=1S/C19H28N2O3S/c1-12-13(2)25-16(21(12)9-10-24-6)20-15(23)19-8-7-18(5,14(22)11-19)17(19,3)4/h7-11H2,1-6H3. The number of carbonyl (C=O) groups excluding carboxylic acids is 2. The van der Waals surface area contributed by atoms with Crippen LogP contribution in [0.2, 0.25) is 0 Å². The third-order valence-electron chi connectivity index (χ3n) is 7.22. The lowest BCUT2D eigenvalue weighted by atomic mass is 9.64. The van der Waals surface area contributed by atoms with E-state index in [9.17, 15) is 9.59 Å².